The fraction of sp³-hybridized carbons (Fsp3) is 0.200. The summed E-state index contributed by atoms with van der Waals surface area (Å²) < 4.78 is 60.4. The third-order valence-corrected chi connectivity index (χ3v) is 8.36. The van der Waals surface area contributed by atoms with Gasteiger partial charge in [-0.05, 0) is 62.7 Å². The lowest BCUT2D eigenvalue weighted by Crippen LogP contribution is -2.16. The van der Waals surface area contributed by atoms with Crippen LogP contribution in [0.2, 0.25) is 0 Å². The van der Waals surface area contributed by atoms with Crippen LogP contribution in [0.3, 0.4) is 0 Å². The number of hydrogen-bond acceptors (Lipinski definition) is 8. The Bertz CT molecular complexity index is 1580. The summed E-state index contributed by atoms with van der Waals surface area (Å²) in [4.78, 5) is 16.5. The molecule has 4 rings (SSSR count). The number of pyridine rings is 1. The number of aryl methyl sites for hydroxylation is 1. The van der Waals surface area contributed by atoms with E-state index < -0.39 is 38.7 Å². The number of halogens is 2. The molecule has 0 fully saturated rings. The van der Waals surface area contributed by atoms with Crippen LogP contribution in [-0.4, -0.2) is 24.4 Å². The van der Waals surface area contributed by atoms with Gasteiger partial charge in [0.15, 0.2) is 9.84 Å². The third kappa shape index (κ3) is 5.55. The maximum absolute atomic E-state index is 14.9. The van der Waals surface area contributed by atoms with Crippen molar-refractivity contribution in [2.45, 2.75) is 37.0 Å². The first-order valence-electron chi connectivity index (χ1n) is 10.9. The van der Waals surface area contributed by atoms with Crippen LogP contribution in [0.4, 0.5) is 19.6 Å². The van der Waals surface area contributed by atoms with Gasteiger partial charge in [0.2, 0.25) is 0 Å². The summed E-state index contributed by atoms with van der Waals surface area (Å²) in [5.74, 6) is -2.60. The molecule has 3 aromatic heterocycles. The smallest absolute Gasteiger partial charge is 0.251 e. The molecule has 37 heavy (non-hydrogen) atoms. The van der Waals surface area contributed by atoms with Gasteiger partial charge in [-0.1, -0.05) is 6.07 Å². The number of primary amides is 1. The van der Waals surface area contributed by atoms with Crippen molar-refractivity contribution in [2.75, 3.05) is 5.32 Å². The monoisotopic (exact) mass is 547 g/mol. The van der Waals surface area contributed by atoms with E-state index in [1.165, 1.54) is 38.3 Å². The van der Waals surface area contributed by atoms with Gasteiger partial charge in [-0.25, -0.2) is 22.2 Å². The number of hydrogen-bond donors (Lipinski definition) is 3. The Morgan fingerprint density at radius 2 is 1.86 bits per heavy atom. The number of nitrogens with two attached hydrogens (primary N) is 1. The number of carbonyl (C=O) groups is 1. The number of anilines is 2. The van der Waals surface area contributed by atoms with Gasteiger partial charge < -0.3 is 20.6 Å². The van der Waals surface area contributed by atoms with Gasteiger partial charge in [0.1, 0.15) is 33.1 Å². The van der Waals surface area contributed by atoms with E-state index in [0.29, 0.717) is 0 Å². The number of sulfone groups is 1. The molecule has 0 spiro atoms. The number of benzene rings is 1. The number of carbonyl (C=O) groups excluding carboxylic acids is 1. The van der Waals surface area contributed by atoms with Gasteiger partial charge >= 0.3 is 0 Å². The topological polar surface area (TPSA) is 136 Å². The highest BCUT2D eigenvalue weighted by Gasteiger charge is 2.25. The summed E-state index contributed by atoms with van der Waals surface area (Å²) >= 11 is 0.871. The van der Waals surface area contributed by atoms with Crippen molar-refractivity contribution in [3.8, 4) is 10.4 Å². The predicted molar refractivity (Wildman–Crippen MR) is 135 cm³/mol. The quantitative estimate of drug-likeness (QED) is 0.281. The highest BCUT2D eigenvalue weighted by molar-refractivity contribution is 7.90. The SMILES string of the molecule is Cc1occc1S(=O)(=O)Cc1cccc(Nc2sc(-c3c(F)cc(C(C)(C)O)cc3F)cc2C(N)=O)n1. The second-order valence-electron chi connectivity index (χ2n) is 8.83. The van der Waals surface area contributed by atoms with Crippen LogP contribution in [0, 0.1) is 18.6 Å². The molecule has 0 atom stereocenters. The minimum atomic E-state index is -3.72. The van der Waals surface area contributed by atoms with Gasteiger partial charge in [-0.15, -0.1) is 11.3 Å². The van der Waals surface area contributed by atoms with Crippen LogP contribution < -0.4 is 11.1 Å². The highest BCUT2D eigenvalue weighted by Crippen LogP contribution is 2.40. The van der Waals surface area contributed by atoms with Crippen molar-refractivity contribution in [1.29, 1.82) is 0 Å². The van der Waals surface area contributed by atoms with E-state index in [0.717, 1.165) is 23.5 Å². The number of amides is 1. The number of thiophene rings is 1. The number of rotatable bonds is 8. The maximum atomic E-state index is 14.9. The fourth-order valence-electron chi connectivity index (χ4n) is 3.67. The van der Waals surface area contributed by atoms with Gasteiger partial charge in [-0.3, -0.25) is 4.79 Å². The molecule has 0 saturated heterocycles. The lowest BCUT2D eigenvalue weighted by atomic mass is 9.96. The molecule has 0 bridgehead atoms. The largest absolute Gasteiger partial charge is 0.468 e. The molecular formula is C25H23F2N3O5S2. The van der Waals surface area contributed by atoms with E-state index in [1.807, 2.05) is 0 Å². The van der Waals surface area contributed by atoms with Crippen LogP contribution in [0.1, 0.15) is 41.2 Å². The minimum absolute atomic E-state index is 0.0285. The minimum Gasteiger partial charge on any atom is -0.468 e. The Morgan fingerprint density at radius 3 is 2.43 bits per heavy atom. The molecule has 3 heterocycles. The predicted octanol–water partition coefficient (Wildman–Crippen LogP) is 5.03. The number of nitrogens with one attached hydrogen (secondary N) is 1. The Balaban J connectivity index is 1.67. The molecule has 4 aromatic rings. The van der Waals surface area contributed by atoms with Crippen molar-refractivity contribution in [3.05, 3.63) is 82.9 Å². The number of aromatic nitrogens is 1. The van der Waals surface area contributed by atoms with E-state index in [1.54, 1.807) is 19.1 Å². The Hall–Kier alpha value is -3.61. The average molecular weight is 548 g/mol. The molecule has 0 unspecified atom stereocenters. The second-order valence-corrected chi connectivity index (χ2v) is 11.8. The van der Waals surface area contributed by atoms with Crippen LogP contribution in [0.15, 0.2) is 58.0 Å². The fourth-order valence-corrected chi connectivity index (χ4v) is 6.24. The first-order valence-corrected chi connectivity index (χ1v) is 13.4. The van der Waals surface area contributed by atoms with Crippen LogP contribution in [-0.2, 0) is 21.2 Å². The zero-order valence-electron chi connectivity index (χ0n) is 20.0. The molecule has 0 radical (unpaired) electrons. The lowest BCUT2D eigenvalue weighted by molar-refractivity contribution is 0.0778. The van der Waals surface area contributed by atoms with E-state index >= 15 is 0 Å². The summed E-state index contributed by atoms with van der Waals surface area (Å²) in [5, 5.41) is 13.2. The standard InChI is InChI=1S/C25H23F2N3O5S2/c1-13-20(7-8-35-13)37(33,34)12-15-5-4-6-21(29-15)30-24-16(23(28)31)11-19(36-24)22-17(26)9-14(10-18(22)27)25(2,3)32/h4-11,32H,12H2,1-3H3,(H2,28,31)(H,29,30). The lowest BCUT2D eigenvalue weighted by Gasteiger charge is -2.18. The molecule has 0 aliphatic carbocycles. The molecule has 194 valence electrons. The van der Waals surface area contributed by atoms with Crippen LogP contribution in [0.25, 0.3) is 10.4 Å². The van der Waals surface area contributed by atoms with E-state index in [4.69, 9.17) is 10.2 Å². The summed E-state index contributed by atoms with van der Waals surface area (Å²) in [7, 11) is -3.72. The van der Waals surface area contributed by atoms with Gasteiger partial charge in [0, 0.05) is 4.88 Å². The van der Waals surface area contributed by atoms with Crippen molar-refractivity contribution in [2.24, 2.45) is 5.73 Å². The molecule has 4 N–H and O–H groups in total. The van der Waals surface area contributed by atoms with Gasteiger partial charge in [-0.2, -0.15) is 0 Å². The normalized spacial score (nSPS) is 12.1. The van der Waals surface area contributed by atoms with Crippen molar-refractivity contribution < 1.29 is 31.5 Å². The second kappa shape index (κ2) is 9.69. The Kier molecular flexibility index (Phi) is 6.93. The van der Waals surface area contributed by atoms with Crippen molar-refractivity contribution in [3.63, 3.8) is 0 Å². The molecule has 12 heteroatoms. The molecule has 1 amide bonds. The zero-order chi connectivity index (χ0) is 27.1. The zero-order valence-corrected chi connectivity index (χ0v) is 21.6. The molecular weight excluding hydrogens is 524 g/mol. The first-order chi connectivity index (χ1) is 17.3. The van der Waals surface area contributed by atoms with Gasteiger partial charge in [0.05, 0.1) is 34.4 Å². The number of nitrogens with zero attached hydrogens (tertiary/aromatic N) is 1. The average Bonchev–Trinajstić information content (AvgIpc) is 3.39. The highest BCUT2D eigenvalue weighted by atomic mass is 32.2. The maximum Gasteiger partial charge on any atom is 0.251 e. The van der Waals surface area contributed by atoms with E-state index in [2.05, 4.69) is 10.3 Å². The summed E-state index contributed by atoms with van der Waals surface area (Å²) in [6.45, 7) is 4.35. The van der Waals surface area contributed by atoms with Crippen LogP contribution >= 0.6 is 11.3 Å². The Labute approximate surface area is 215 Å². The summed E-state index contributed by atoms with van der Waals surface area (Å²) in [5.41, 5.74) is 3.91. The van der Waals surface area contributed by atoms with Crippen LogP contribution in [0.5, 0.6) is 0 Å². The number of furan rings is 1. The molecule has 1 aromatic carbocycles. The molecule has 0 saturated carbocycles. The van der Waals surface area contributed by atoms with Gasteiger partial charge in [0.25, 0.3) is 5.91 Å². The van der Waals surface area contributed by atoms with E-state index in [9.17, 15) is 27.1 Å². The number of aliphatic hydroxyl groups is 1. The first kappa shape index (κ1) is 26.5. The Morgan fingerprint density at radius 1 is 1.19 bits per heavy atom. The van der Waals surface area contributed by atoms with E-state index in [-0.39, 0.29) is 48.7 Å². The summed E-state index contributed by atoms with van der Waals surface area (Å²) in [6.07, 6.45) is 1.29. The third-order valence-electron chi connectivity index (χ3n) is 5.53. The van der Waals surface area contributed by atoms with Crippen molar-refractivity contribution in [1.82, 2.24) is 4.98 Å². The summed E-state index contributed by atoms with van der Waals surface area (Å²) in [6, 6.07) is 9.34. The molecule has 8 nitrogen and oxygen atoms in total. The molecule has 0 aliphatic rings. The van der Waals surface area contributed by atoms with Crippen molar-refractivity contribution >= 4 is 37.9 Å². The molecule has 0 aliphatic heterocycles.